The minimum Gasteiger partial charge on any atom is -0.492 e. The third kappa shape index (κ3) is 3.03. The monoisotopic (exact) mass is 277 g/mol. The number of aromatic nitrogens is 1. The van der Waals surface area contributed by atoms with Crippen LogP contribution in [0.1, 0.15) is 17.3 Å². The van der Waals surface area contributed by atoms with Crippen molar-refractivity contribution in [1.29, 1.82) is 0 Å². The number of carboxylic acids is 1. The van der Waals surface area contributed by atoms with Crippen LogP contribution in [0.4, 0.5) is 0 Å². The van der Waals surface area contributed by atoms with E-state index in [-0.39, 0.29) is 5.56 Å². The molecule has 98 valence electrons. The Balaban J connectivity index is 2.48. The van der Waals surface area contributed by atoms with Crippen molar-refractivity contribution in [3.05, 3.63) is 47.2 Å². The number of halogens is 1. The molecule has 1 N–H and O–H groups in total. The van der Waals surface area contributed by atoms with Crippen molar-refractivity contribution in [2.24, 2.45) is 0 Å². The fraction of sp³-hybridized carbons (Fsp3) is 0.143. The second kappa shape index (κ2) is 5.71. The van der Waals surface area contributed by atoms with Crippen molar-refractivity contribution in [1.82, 2.24) is 4.98 Å². The smallest absolute Gasteiger partial charge is 0.335 e. The van der Waals surface area contributed by atoms with E-state index in [1.54, 1.807) is 24.5 Å². The van der Waals surface area contributed by atoms with E-state index in [9.17, 15) is 4.79 Å². The molecule has 0 unspecified atom stereocenters. The van der Waals surface area contributed by atoms with E-state index in [1.807, 2.05) is 6.92 Å². The number of rotatable bonds is 4. The molecular formula is C14H12ClNO3. The standard InChI is InChI=1S/C14H12ClNO3/c1-2-19-11-5-10(7-16-8-11)12-6-9(14(17)18)3-4-13(12)15/h3-8H,2H2,1H3,(H,17,18). The van der Waals surface area contributed by atoms with Gasteiger partial charge in [0.2, 0.25) is 0 Å². The van der Waals surface area contributed by atoms with Crippen molar-refractivity contribution >= 4 is 17.6 Å². The number of carboxylic acid groups (broad SMARTS) is 1. The SMILES string of the molecule is CCOc1cncc(-c2cc(C(=O)O)ccc2Cl)c1. The molecule has 1 aromatic carbocycles. The van der Waals surface area contributed by atoms with E-state index in [0.717, 1.165) is 5.56 Å². The van der Waals surface area contributed by atoms with E-state index in [1.165, 1.54) is 12.1 Å². The molecule has 4 nitrogen and oxygen atoms in total. The minimum atomic E-state index is -0.994. The van der Waals surface area contributed by atoms with Gasteiger partial charge in [-0.15, -0.1) is 0 Å². The van der Waals surface area contributed by atoms with Gasteiger partial charge in [0.1, 0.15) is 5.75 Å². The maximum absolute atomic E-state index is 11.0. The summed E-state index contributed by atoms with van der Waals surface area (Å²) >= 11 is 6.10. The number of pyridine rings is 1. The summed E-state index contributed by atoms with van der Waals surface area (Å²) in [4.78, 5) is 15.0. The molecule has 0 radical (unpaired) electrons. The first-order valence-electron chi connectivity index (χ1n) is 5.73. The highest BCUT2D eigenvalue weighted by atomic mass is 35.5. The number of nitrogens with zero attached hydrogens (tertiary/aromatic N) is 1. The van der Waals surface area contributed by atoms with Crippen molar-refractivity contribution in [2.75, 3.05) is 6.61 Å². The largest absolute Gasteiger partial charge is 0.492 e. The molecule has 0 aliphatic heterocycles. The molecule has 0 aliphatic carbocycles. The molecule has 0 saturated carbocycles. The van der Waals surface area contributed by atoms with Gasteiger partial charge in [-0.25, -0.2) is 4.79 Å². The maximum Gasteiger partial charge on any atom is 0.335 e. The Morgan fingerprint density at radius 3 is 2.84 bits per heavy atom. The van der Waals surface area contributed by atoms with Crippen LogP contribution in [0.3, 0.4) is 0 Å². The molecule has 0 amide bonds. The Morgan fingerprint density at radius 1 is 1.37 bits per heavy atom. The molecule has 2 rings (SSSR count). The normalized spacial score (nSPS) is 10.2. The van der Waals surface area contributed by atoms with Crippen LogP contribution in [0, 0.1) is 0 Å². The quantitative estimate of drug-likeness (QED) is 0.929. The number of hydrogen-bond donors (Lipinski definition) is 1. The van der Waals surface area contributed by atoms with E-state index in [4.69, 9.17) is 21.4 Å². The van der Waals surface area contributed by atoms with Crippen LogP contribution >= 0.6 is 11.6 Å². The summed E-state index contributed by atoms with van der Waals surface area (Å²) < 4.78 is 5.36. The second-order valence-corrected chi connectivity index (χ2v) is 4.25. The van der Waals surface area contributed by atoms with E-state index in [0.29, 0.717) is 22.9 Å². The molecule has 0 atom stereocenters. The molecule has 0 spiro atoms. The van der Waals surface area contributed by atoms with Crippen LogP contribution in [0.15, 0.2) is 36.7 Å². The zero-order chi connectivity index (χ0) is 13.8. The van der Waals surface area contributed by atoms with E-state index >= 15 is 0 Å². The van der Waals surface area contributed by atoms with E-state index < -0.39 is 5.97 Å². The Kier molecular flexibility index (Phi) is 4.02. The maximum atomic E-state index is 11.0. The average molecular weight is 278 g/mol. The van der Waals surface area contributed by atoms with Gasteiger partial charge in [-0.2, -0.15) is 0 Å². The molecule has 2 aromatic rings. The summed E-state index contributed by atoms with van der Waals surface area (Å²) in [5.41, 5.74) is 1.52. The molecule has 19 heavy (non-hydrogen) atoms. The highest BCUT2D eigenvalue weighted by Crippen LogP contribution is 2.30. The van der Waals surface area contributed by atoms with Crippen LogP contribution in [-0.4, -0.2) is 22.7 Å². The lowest BCUT2D eigenvalue weighted by Crippen LogP contribution is -1.97. The van der Waals surface area contributed by atoms with Gasteiger partial charge in [0, 0.05) is 22.3 Å². The number of carbonyl (C=O) groups is 1. The predicted molar refractivity (Wildman–Crippen MR) is 72.8 cm³/mol. The minimum absolute atomic E-state index is 0.182. The zero-order valence-corrected chi connectivity index (χ0v) is 11.0. The van der Waals surface area contributed by atoms with Crippen LogP contribution in [0.5, 0.6) is 5.75 Å². The second-order valence-electron chi connectivity index (χ2n) is 3.84. The Labute approximate surface area is 115 Å². The number of aromatic carboxylic acids is 1. The van der Waals surface area contributed by atoms with Gasteiger partial charge in [0.05, 0.1) is 18.4 Å². The van der Waals surface area contributed by atoms with Crippen molar-refractivity contribution in [3.8, 4) is 16.9 Å². The predicted octanol–water partition coefficient (Wildman–Crippen LogP) is 3.50. The molecule has 1 aromatic heterocycles. The highest BCUT2D eigenvalue weighted by Gasteiger charge is 2.10. The lowest BCUT2D eigenvalue weighted by molar-refractivity contribution is 0.0697. The Hall–Kier alpha value is -2.07. The van der Waals surface area contributed by atoms with Crippen molar-refractivity contribution in [3.63, 3.8) is 0 Å². The molecule has 1 heterocycles. The van der Waals surface area contributed by atoms with Gasteiger partial charge in [0.15, 0.2) is 0 Å². The number of hydrogen-bond acceptors (Lipinski definition) is 3. The van der Waals surface area contributed by atoms with Gasteiger partial charge >= 0.3 is 5.97 Å². The lowest BCUT2D eigenvalue weighted by atomic mass is 10.0. The Morgan fingerprint density at radius 2 is 2.16 bits per heavy atom. The van der Waals surface area contributed by atoms with Crippen LogP contribution < -0.4 is 4.74 Å². The zero-order valence-electron chi connectivity index (χ0n) is 10.3. The first-order chi connectivity index (χ1) is 9.11. The first kappa shape index (κ1) is 13.4. The third-order valence-electron chi connectivity index (χ3n) is 2.55. The van der Waals surface area contributed by atoms with Gasteiger partial charge in [-0.05, 0) is 31.2 Å². The summed E-state index contributed by atoms with van der Waals surface area (Å²) in [5.74, 6) is -0.372. The molecule has 0 fully saturated rings. The van der Waals surface area contributed by atoms with Crippen LogP contribution in [0.25, 0.3) is 11.1 Å². The summed E-state index contributed by atoms with van der Waals surface area (Å²) in [5, 5.41) is 9.48. The summed E-state index contributed by atoms with van der Waals surface area (Å²) in [6.07, 6.45) is 3.22. The van der Waals surface area contributed by atoms with Gasteiger partial charge in [-0.3, -0.25) is 4.98 Å². The molecule has 5 heteroatoms. The molecular weight excluding hydrogens is 266 g/mol. The first-order valence-corrected chi connectivity index (χ1v) is 6.10. The van der Waals surface area contributed by atoms with Crippen LogP contribution in [-0.2, 0) is 0 Å². The third-order valence-corrected chi connectivity index (χ3v) is 2.88. The van der Waals surface area contributed by atoms with Gasteiger partial charge in [-0.1, -0.05) is 11.6 Å². The molecule has 0 saturated heterocycles. The van der Waals surface area contributed by atoms with Gasteiger partial charge < -0.3 is 9.84 Å². The van der Waals surface area contributed by atoms with Crippen molar-refractivity contribution in [2.45, 2.75) is 6.92 Å². The highest BCUT2D eigenvalue weighted by molar-refractivity contribution is 6.33. The summed E-state index contributed by atoms with van der Waals surface area (Å²) in [6, 6.07) is 6.34. The van der Waals surface area contributed by atoms with Gasteiger partial charge in [0.25, 0.3) is 0 Å². The fourth-order valence-corrected chi connectivity index (χ4v) is 1.92. The number of benzene rings is 1. The molecule has 0 bridgehead atoms. The van der Waals surface area contributed by atoms with E-state index in [2.05, 4.69) is 4.98 Å². The molecule has 0 aliphatic rings. The van der Waals surface area contributed by atoms with Crippen LogP contribution in [0.2, 0.25) is 5.02 Å². The summed E-state index contributed by atoms with van der Waals surface area (Å²) in [6.45, 7) is 2.42. The average Bonchev–Trinajstić information content (AvgIpc) is 2.39. The topological polar surface area (TPSA) is 59.4 Å². The fourth-order valence-electron chi connectivity index (χ4n) is 1.69. The Bertz CT molecular complexity index is 613. The summed E-state index contributed by atoms with van der Waals surface area (Å²) in [7, 11) is 0. The lowest BCUT2D eigenvalue weighted by Gasteiger charge is -2.08. The number of ether oxygens (including phenoxy) is 1. The van der Waals surface area contributed by atoms with Crippen molar-refractivity contribution < 1.29 is 14.6 Å².